The van der Waals surface area contributed by atoms with E-state index in [9.17, 15) is 9.18 Å². The third-order valence-corrected chi connectivity index (χ3v) is 4.32. The molecule has 0 aliphatic carbocycles. The summed E-state index contributed by atoms with van der Waals surface area (Å²) in [6.45, 7) is 2.35. The Morgan fingerprint density at radius 1 is 0.957 bits per heavy atom. The molecule has 1 amide bonds. The van der Waals surface area contributed by atoms with E-state index in [2.05, 4.69) is 4.90 Å². The fraction of sp³-hybridized carbons (Fsp3) is 0.235. The summed E-state index contributed by atoms with van der Waals surface area (Å²) in [6.07, 6.45) is 0. The van der Waals surface area contributed by atoms with Crippen LogP contribution in [-0.2, 0) is 0 Å². The Bertz CT molecular complexity index is 710. The van der Waals surface area contributed by atoms with E-state index in [0.717, 1.165) is 5.69 Å². The normalized spacial score (nSPS) is 14.9. The van der Waals surface area contributed by atoms with E-state index in [1.165, 1.54) is 12.1 Å². The van der Waals surface area contributed by atoms with Crippen molar-refractivity contribution in [3.05, 3.63) is 63.9 Å². The van der Waals surface area contributed by atoms with Crippen molar-refractivity contribution in [1.82, 2.24) is 4.90 Å². The maximum atomic E-state index is 13.7. The maximum Gasteiger partial charge on any atom is 0.256 e. The summed E-state index contributed by atoms with van der Waals surface area (Å²) < 4.78 is 13.7. The number of halogens is 3. The Kier molecular flexibility index (Phi) is 4.74. The molecule has 0 radical (unpaired) electrons. The molecule has 0 spiro atoms. The Labute approximate surface area is 144 Å². The van der Waals surface area contributed by atoms with Crippen LogP contribution in [0.4, 0.5) is 10.1 Å². The lowest BCUT2D eigenvalue weighted by molar-refractivity contribution is 0.0742. The topological polar surface area (TPSA) is 23.6 Å². The average molecular weight is 353 g/mol. The van der Waals surface area contributed by atoms with Gasteiger partial charge in [0.25, 0.3) is 5.91 Å². The van der Waals surface area contributed by atoms with Crippen LogP contribution in [0.5, 0.6) is 0 Å². The van der Waals surface area contributed by atoms with Crippen LogP contribution in [0.2, 0.25) is 10.0 Å². The Hall–Kier alpha value is -1.78. The second-order valence-electron chi connectivity index (χ2n) is 5.39. The predicted molar refractivity (Wildman–Crippen MR) is 91.0 cm³/mol. The molecule has 1 heterocycles. The SMILES string of the molecule is O=C(c1ccccc1F)N1CCN(c2cc(Cl)cc(Cl)c2)CC1. The number of nitrogens with zero attached hydrogens (tertiary/aromatic N) is 2. The molecule has 23 heavy (non-hydrogen) atoms. The first-order valence-electron chi connectivity index (χ1n) is 7.29. The fourth-order valence-corrected chi connectivity index (χ4v) is 3.21. The van der Waals surface area contributed by atoms with Crippen LogP contribution in [0.3, 0.4) is 0 Å². The van der Waals surface area contributed by atoms with Crippen LogP contribution in [0.25, 0.3) is 0 Å². The quantitative estimate of drug-likeness (QED) is 0.812. The predicted octanol–water partition coefficient (Wildman–Crippen LogP) is 4.09. The van der Waals surface area contributed by atoms with E-state index in [1.807, 2.05) is 12.1 Å². The van der Waals surface area contributed by atoms with Gasteiger partial charge in [0, 0.05) is 41.9 Å². The van der Waals surface area contributed by atoms with Crippen LogP contribution >= 0.6 is 23.2 Å². The van der Waals surface area contributed by atoms with Crippen LogP contribution in [-0.4, -0.2) is 37.0 Å². The van der Waals surface area contributed by atoms with Gasteiger partial charge < -0.3 is 9.80 Å². The minimum atomic E-state index is -0.485. The van der Waals surface area contributed by atoms with Gasteiger partial charge in [-0.15, -0.1) is 0 Å². The molecule has 3 rings (SSSR count). The van der Waals surface area contributed by atoms with Crippen molar-refractivity contribution < 1.29 is 9.18 Å². The fourth-order valence-electron chi connectivity index (χ4n) is 2.69. The standard InChI is InChI=1S/C17H15Cl2FN2O/c18-12-9-13(19)11-14(10-12)21-5-7-22(8-6-21)17(23)15-3-1-2-4-16(15)20/h1-4,9-11H,5-8H2. The first-order chi connectivity index (χ1) is 11.0. The van der Waals surface area contributed by atoms with Gasteiger partial charge in [-0.3, -0.25) is 4.79 Å². The molecule has 0 unspecified atom stereocenters. The molecular weight excluding hydrogens is 338 g/mol. The second-order valence-corrected chi connectivity index (χ2v) is 6.26. The highest BCUT2D eigenvalue weighted by Crippen LogP contribution is 2.26. The molecule has 1 aliphatic rings. The van der Waals surface area contributed by atoms with Gasteiger partial charge in [0.05, 0.1) is 5.56 Å². The number of benzene rings is 2. The third-order valence-electron chi connectivity index (χ3n) is 3.88. The lowest BCUT2D eigenvalue weighted by atomic mass is 10.1. The van der Waals surface area contributed by atoms with E-state index < -0.39 is 5.82 Å². The molecule has 0 N–H and O–H groups in total. The van der Waals surface area contributed by atoms with Crippen molar-refractivity contribution in [3.8, 4) is 0 Å². The van der Waals surface area contributed by atoms with Crippen LogP contribution in [0, 0.1) is 5.82 Å². The zero-order valence-electron chi connectivity index (χ0n) is 12.3. The zero-order chi connectivity index (χ0) is 16.4. The molecule has 0 bridgehead atoms. The van der Waals surface area contributed by atoms with Gasteiger partial charge in [-0.1, -0.05) is 35.3 Å². The first-order valence-corrected chi connectivity index (χ1v) is 8.05. The van der Waals surface area contributed by atoms with Crippen molar-refractivity contribution in [2.45, 2.75) is 0 Å². The smallest absolute Gasteiger partial charge is 0.256 e. The highest BCUT2D eigenvalue weighted by molar-refractivity contribution is 6.35. The minimum absolute atomic E-state index is 0.117. The van der Waals surface area contributed by atoms with Gasteiger partial charge in [0.2, 0.25) is 0 Å². The van der Waals surface area contributed by atoms with Gasteiger partial charge >= 0.3 is 0 Å². The van der Waals surface area contributed by atoms with Crippen LogP contribution in [0.1, 0.15) is 10.4 Å². The van der Waals surface area contributed by atoms with Gasteiger partial charge in [-0.25, -0.2) is 4.39 Å². The summed E-state index contributed by atoms with van der Waals surface area (Å²) in [7, 11) is 0. The van der Waals surface area contributed by atoms with Crippen LogP contribution in [0.15, 0.2) is 42.5 Å². The third kappa shape index (κ3) is 3.59. The number of anilines is 1. The molecule has 2 aromatic carbocycles. The van der Waals surface area contributed by atoms with Crippen molar-refractivity contribution in [2.24, 2.45) is 0 Å². The minimum Gasteiger partial charge on any atom is -0.368 e. The molecule has 1 saturated heterocycles. The molecule has 120 valence electrons. The first kappa shape index (κ1) is 16.1. The highest BCUT2D eigenvalue weighted by atomic mass is 35.5. The number of hydrogen-bond donors (Lipinski definition) is 0. The number of rotatable bonds is 2. The molecule has 3 nitrogen and oxygen atoms in total. The van der Waals surface area contributed by atoms with Crippen molar-refractivity contribution in [2.75, 3.05) is 31.1 Å². The number of piperazine rings is 1. The van der Waals surface area contributed by atoms with Gasteiger partial charge in [-0.2, -0.15) is 0 Å². The molecule has 2 aromatic rings. The van der Waals surface area contributed by atoms with Gasteiger partial charge in [-0.05, 0) is 30.3 Å². The van der Waals surface area contributed by atoms with Crippen LogP contribution < -0.4 is 4.90 Å². The van der Waals surface area contributed by atoms with E-state index in [1.54, 1.807) is 23.1 Å². The molecule has 6 heteroatoms. The summed E-state index contributed by atoms with van der Waals surface area (Å²) in [6, 6.07) is 11.4. The van der Waals surface area contributed by atoms with Gasteiger partial charge in [0.1, 0.15) is 5.82 Å². The van der Waals surface area contributed by atoms with E-state index >= 15 is 0 Å². The van der Waals surface area contributed by atoms with Crippen molar-refractivity contribution in [1.29, 1.82) is 0 Å². The average Bonchev–Trinajstić information content (AvgIpc) is 2.54. The number of hydrogen-bond acceptors (Lipinski definition) is 2. The summed E-state index contributed by atoms with van der Waals surface area (Å²) in [5, 5.41) is 1.16. The Balaban J connectivity index is 1.69. The number of carbonyl (C=O) groups is 1. The molecule has 0 atom stereocenters. The largest absolute Gasteiger partial charge is 0.368 e. The Morgan fingerprint density at radius 2 is 1.57 bits per heavy atom. The lowest BCUT2D eigenvalue weighted by Gasteiger charge is -2.36. The Morgan fingerprint density at radius 3 is 2.17 bits per heavy atom. The highest BCUT2D eigenvalue weighted by Gasteiger charge is 2.24. The summed E-state index contributed by atoms with van der Waals surface area (Å²) >= 11 is 12.1. The second kappa shape index (κ2) is 6.77. The zero-order valence-corrected chi connectivity index (χ0v) is 13.8. The van der Waals surface area contributed by atoms with Gasteiger partial charge in [0.15, 0.2) is 0 Å². The summed E-state index contributed by atoms with van der Waals surface area (Å²) in [5.41, 5.74) is 1.05. The number of amides is 1. The van der Waals surface area contributed by atoms with E-state index in [4.69, 9.17) is 23.2 Å². The maximum absolute atomic E-state index is 13.7. The molecule has 0 saturated carbocycles. The van der Waals surface area contributed by atoms with Crippen molar-refractivity contribution >= 4 is 34.8 Å². The summed E-state index contributed by atoms with van der Waals surface area (Å²) in [4.78, 5) is 16.2. The van der Waals surface area contributed by atoms with Crippen molar-refractivity contribution in [3.63, 3.8) is 0 Å². The summed E-state index contributed by atoms with van der Waals surface area (Å²) in [5.74, 6) is -0.756. The van der Waals surface area contributed by atoms with E-state index in [-0.39, 0.29) is 11.5 Å². The molecular formula is C17H15Cl2FN2O. The number of carbonyl (C=O) groups excluding carboxylic acids is 1. The lowest BCUT2D eigenvalue weighted by Crippen LogP contribution is -2.49. The van der Waals surface area contributed by atoms with E-state index in [0.29, 0.717) is 36.2 Å². The monoisotopic (exact) mass is 352 g/mol. The molecule has 1 aliphatic heterocycles. The molecule has 0 aromatic heterocycles. The molecule has 1 fully saturated rings.